The van der Waals surface area contributed by atoms with E-state index in [0.717, 1.165) is 6.92 Å². The zero-order chi connectivity index (χ0) is 22.9. The first-order valence-electron chi connectivity index (χ1n) is 9.13. The fourth-order valence-corrected chi connectivity index (χ4v) is 4.98. The molecule has 12 nitrogen and oxygen atoms in total. The van der Waals surface area contributed by atoms with Crippen molar-refractivity contribution in [2.45, 2.75) is 42.7 Å². The van der Waals surface area contributed by atoms with Gasteiger partial charge in [0.2, 0.25) is 11.8 Å². The summed E-state index contributed by atoms with van der Waals surface area (Å²) in [6, 6.07) is 3.62. The highest BCUT2D eigenvalue weighted by Gasteiger charge is 2.65. The van der Waals surface area contributed by atoms with Crippen LogP contribution in [0.3, 0.4) is 0 Å². The molecule has 1 aromatic carbocycles. The van der Waals surface area contributed by atoms with E-state index in [1.54, 1.807) is 6.92 Å². The topological polar surface area (TPSA) is 171 Å². The standard InChI is InChI=1S/C18H20N4O8S/c1-9(23)20-17(26)30-8-18(2)13(21-14(24)12(19)15(21)31-18)16(25)29-7-10-3-5-11(6-4-10)22(27)28/h3-6,12-13,15H,7-8,19H2,1-2H3,(H,20,23,26)/t12-,13+,15?,18+/m1/s1. The predicted molar refractivity (Wildman–Crippen MR) is 106 cm³/mol. The number of β-lactam (4-membered cyclic amide) rings is 1. The first-order valence-corrected chi connectivity index (χ1v) is 10.0. The number of nitro benzene ring substituents is 1. The summed E-state index contributed by atoms with van der Waals surface area (Å²) >= 11 is 1.21. The van der Waals surface area contributed by atoms with Gasteiger partial charge in [-0.1, -0.05) is 0 Å². The van der Waals surface area contributed by atoms with Crippen LogP contribution in [0.15, 0.2) is 24.3 Å². The lowest BCUT2D eigenvalue weighted by Crippen LogP contribution is -2.69. The van der Waals surface area contributed by atoms with Crippen LogP contribution in [0.2, 0.25) is 0 Å². The number of imide groups is 1. The lowest BCUT2D eigenvalue weighted by molar-refractivity contribution is -0.384. The summed E-state index contributed by atoms with van der Waals surface area (Å²) in [6.07, 6.45) is -0.975. The molecule has 0 aromatic heterocycles. The quantitative estimate of drug-likeness (QED) is 0.264. The van der Waals surface area contributed by atoms with Gasteiger partial charge in [0.1, 0.15) is 30.7 Å². The molecule has 2 aliphatic rings. The number of nitrogens with one attached hydrogen (secondary N) is 1. The Labute approximate surface area is 180 Å². The number of benzene rings is 1. The molecular weight excluding hydrogens is 432 g/mol. The van der Waals surface area contributed by atoms with Crippen molar-refractivity contribution in [3.05, 3.63) is 39.9 Å². The molecule has 2 aliphatic heterocycles. The Morgan fingerprint density at radius 2 is 1.94 bits per heavy atom. The molecule has 1 unspecified atom stereocenters. The maximum atomic E-state index is 12.9. The smallest absolute Gasteiger partial charge is 0.413 e. The normalized spacial score (nSPS) is 26.5. The molecule has 2 saturated heterocycles. The molecule has 166 valence electrons. The summed E-state index contributed by atoms with van der Waals surface area (Å²) in [5.41, 5.74) is 6.25. The van der Waals surface area contributed by atoms with E-state index in [1.165, 1.54) is 40.9 Å². The van der Waals surface area contributed by atoms with Gasteiger partial charge in [-0.25, -0.2) is 9.59 Å². The molecule has 13 heteroatoms. The molecule has 0 aliphatic carbocycles. The van der Waals surface area contributed by atoms with E-state index in [0.29, 0.717) is 5.56 Å². The number of nitrogens with zero attached hydrogens (tertiary/aromatic N) is 2. The zero-order valence-corrected chi connectivity index (χ0v) is 17.4. The fourth-order valence-electron chi connectivity index (χ4n) is 3.36. The Morgan fingerprint density at radius 3 is 2.52 bits per heavy atom. The van der Waals surface area contributed by atoms with Crippen molar-refractivity contribution in [1.29, 1.82) is 0 Å². The molecule has 0 radical (unpaired) electrons. The van der Waals surface area contributed by atoms with Gasteiger partial charge in [-0.3, -0.25) is 25.0 Å². The summed E-state index contributed by atoms with van der Waals surface area (Å²) in [7, 11) is 0. The van der Waals surface area contributed by atoms with Gasteiger partial charge in [0.05, 0.1) is 9.67 Å². The lowest BCUT2D eigenvalue weighted by Gasteiger charge is -2.42. The van der Waals surface area contributed by atoms with E-state index in [2.05, 4.69) is 0 Å². The summed E-state index contributed by atoms with van der Waals surface area (Å²) in [5, 5.41) is 12.2. The number of fused-ring (bicyclic) bond motifs is 1. The van der Waals surface area contributed by atoms with Crippen LogP contribution in [0, 0.1) is 10.1 Å². The highest BCUT2D eigenvalue weighted by atomic mass is 32.2. The van der Waals surface area contributed by atoms with E-state index in [9.17, 15) is 29.3 Å². The number of carbonyl (C=O) groups excluding carboxylic acids is 4. The first kappa shape index (κ1) is 22.5. The second-order valence-electron chi connectivity index (χ2n) is 7.28. The number of amides is 3. The van der Waals surface area contributed by atoms with E-state index in [4.69, 9.17) is 15.2 Å². The molecule has 2 fully saturated rings. The number of rotatable bonds is 6. The fraction of sp³-hybridized carbons (Fsp3) is 0.444. The summed E-state index contributed by atoms with van der Waals surface area (Å²) in [5.74, 6) is -1.76. The van der Waals surface area contributed by atoms with Gasteiger partial charge in [0, 0.05) is 19.1 Å². The van der Waals surface area contributed by atoms with Crippen LogP contribution in [0.5, 0.6) is 0 Å². The van der Waals surface area contributed by atoms with Crippen molar-refractivity contribution in [3.63, 3.8) is 0 Å². The first-order chi connectivity index (χ1) is 14.5. The number of ether oxygens (including phenoxy) is 2. The number of non-ortho nitro benzene ring substituents is 1. The van der Waals surface area contributed by atoms with Crippen LogP contribution >= 0.6 is 11.8 Å². The highest BCUT2D eigenvalue weighted by Crippen LogP contribution is 2.51. The second kappa shape index (κ2) is 8.51. The van der Waals surface area contributed by atoms with Gasteiger partial charge in [-0.15, -0.1) is 11.8 Å². The molecule has 0 spiro atoms. The van der Waals surface area contributed by atoms with Crippen LogP contribution in [-0.4, -0.2) is 62.5 Å². The van der Waals surface area contributed by atoms with Crippen LogP contribution in [0.1, 0.15) is 19.4 Å². The van der Waals surface area contributed by atoms with Crippen molar-refractivity contribution in [2.75, 3.05) is 6.61 Å². The highest BCUT2D eigenvalue weighted by molar-refractivity contribution is 8.01. The molecule has 31 heavy (non-hydrogen) atoms. The molecule has 1 aromatic rings. The Morgan fingerprint density at radius 1 is 1.29 bits per heavy atom. The monoisotopic (exact) mass is 452 g/mol. The Bertz CT molecular complexity index is 939. The number of carbonyl (C=O) groups is 4. The summed E-state index contributed by atoms with van der Waals surface area (Å²) < 4.78 is 9.36. The number of esters is 1. The average molecular weight is 452 g/mol. The maximum Gasteiger partial charge on any atom is 0.413 e. The van der Waals surface area contributed by atoms with E-state index >= 15 is 0 Å². The number of alkyl carbamates (subject to hydrolysis) is 1. The Balaban J connectivity index is 1.70. The lowest BCUT2D eigenvalue weighted by atomic mass is 9.95. The SMILES string of the molecule is CC(=O)NC(=O)OC[C@]1(C)SC2[C@H](N)C(=O)N2[C@H]1C(=O)OCc1ccc([N+](=O)[O-])cc1. The predicted octanol–water partition coefficient (Wildman–Crippen LogP) is 0.280. The molecule has 3 N–H and O–H groups in total. The van der Waals surface area contributed by atoms with E-state index < -0.39 is 51.0 Å². The molecular formula is C18H20N4O8S. The second-order valence-corrected chi connectivity index (χ2v) is 8.93. The Hall–Kier alpha value is -3.19. The third-order valence-corrected chi connectivity index (χ3v) is 6.53. The third-order valence-electron chi connectivity index (χ3n) is 4.89. The van der Waals surface area contributed by atoms with Crippen molar-refractivity contribution in [2.24, 2.45) is 5.73 Å². The largest absolute Gasteiger partial charge is 0.459 e. The van der Waals surface area contributed by atoms with Gasteiger partial charge in [-0.05, 0) is 24.6 Å². The van der Waals surface area contributed by atoms with Gasteiger partial charge in [0.15, 0.2) is 0 Å². The molecule has 3 amide bonds. The van der Waals surface area contributed by atoms with Crippen molar-refractivity contribution in [3.8, 4) is 0 Å². The average Bonchev–Trinajstić information content (AvgIpc) is 3.00. The molecule has 3 rings (SSSR count). The molecule has 2 heterocycles. The van der Waals surface area contributed by atoms with Gasteiger partial charge < -0.3 is 20.1 Å². The minimum absolute atomic E-state index is 0.0983. The number of thioether (sulfide) groups is 1. The van der Waals surface area contributed by atoms with Gasteiger partial charge in [-0.2, -0.15) is 0 Å². The van der Waals surface area contributed by atoms with E-state index in [1.807, 2.05) is 5.32 Å². The van der Waals surface area contributed by atoms with Gasteiger partial charge >= 0.3 is 12.1 Å². The molecule has 4 atom stereocenters. The zero-order valence-electron chi connectivity index (χ0n) is 16.6. The van der Waals surface area contributed by atoms with Crippen LogP contribution in [-0.2, 0) is 30.5 Å². The minimum atomic E-state index is -1.07. The van der Waals surface area contributed by atoms with Crippen LogP contribution < -0.4 is 11.1 Å². The third kappa shape index (κ3) is 4.46. The number of nitro groups is 1. The van der Waals surface area contributed by atoms with E-state index in [-0.39, 0.29) is 18.9 Å². The number of hydrogen-bond donors (Lipinski definition) is 2. The molecule has 0 saturated carbocycles. The van der Waals surface area contributed by atoms with Crippen LogP contribution in [0.25, 0.3) is 0 Å². The molecule has 0 bridgehead atoms. The minimum Gasteiger partial charge on any atom is -0.459 e. The Kier molecular flexibility index (Phi) is 6.18. The van der Waals surface area contributed by atoms with Gasteiger partial charge in [0.25, 0.3) is 5.69 Å². The van der Waals surface area contributed by atoms with Crippen molar-refractivity contribution >= 4 is 41.3 Å². The summed E-state index contributed by atoms with van der Waals surface area (Å²) in [4.78, 5) is 59.3. The maximum absolute atomic E-state index is 12.9. The van der Waals surface area contributed by atoms with Crippen molar-refractivity contribution < 1.29 is 33.6 Å². The van der Waals surface area contributed by atoms with Crippen molar-refractivity contribution in [1.82, 2.24) is 10.2 Å². The number of nitrogens with two attached hydrogens (primary N) is 1. The summed E-state index contributed by atoms with van der Waals surface area (Å²) in [6.45, 7) is 2.34. The van der Waals surface area contributed by atoms with Crippen LogP contribution in [0.4, 0.5) is 10.5 Å². The number of hydrogen-bond acceptors (Lipinski definition) is 10.